The molecule has 6 nitrogen and oxygen atoms in total. The maximum atomic E-state index is 11.7. The van der Waals surface area contributed by atoms with Crippen molar-refractivity contribution in [1.82, 2.24) is 4.98 Å². The fraction of sp³-hybridized carbons (Fsp3) is 0.250. The van der Waals surface area contributed by atoms with Gasteiger partial charge in [0, 0.05) is 30.6 Å². The number of hydrogen-bond donors (Lipinski definition) is 1. The molecule has 1 N–H and O–H groups in total. The lowest BCUT2D eigenvalue weighted by Crippen LogP contribution is -2.09. The number of ether oxygens (including phenoxy) is 3. The van der Waals surface area contributed by atoms with Crippen LogP contribution < -0.4 is 14.8 Å². The molecule has 22 heavy (non-hydrogen) atoms. The zero-order chi connectivity index (χ0) is 15.9. The molecule has 0 aliphatic heterocycles. The summed E-state index contributed by atoms with van der Waals surface area (Å²) < 4.78 is 15.3. The Balaban J connectivity index is 2.19. The van der Waals surface area contributed by atoms with Crippen LogP contribution in [0.4, 0.5) is 5.69 Å². The van der Waals surface area contributed by atoms with Crippen molar-refractivity contribution >= 4 is 11.7 Å². The number of methoxy groups -OCH3 is 3. The fourth-order valence-corrected chi connectivity index (χ4v) is 2.01. The van der Waals surface area contributed by atoms with E-state index in [0.717, 1.165) is 11.3 Å². The van der Waals surface area contributed by atoms with E-state index in [2.05, 4.69) is 10.3 Å². The molecule has 0 saturated heterocycles. The third-order valence-electron chi connectivity index (χ3n) is 3.19. The van der Waals surface area contributed by atoms with E-state index in [4.69, 9.17) is 14.2 Å². The summed E-state index contributed by atoms with van der Waals surface area (Å²) in [5.41, 5.74) is 1.98. The molecule has 2 aromatic rings. The van der Waals surface area contributed by atoms with Gasteiger partial charge in [0.1, 0.15) is 17.1 Å². The first kappa shape index (κ1) is 15.6. The molecule has 1 aromatic carbocycles. The highest BCUT2D eigenvalue weighted by atomic mass is 16.5. The summed E-state index contributed by atoms with van der Waals surface area (Å²) in [5, 5.41) is 3.20. The van der Waals surface area contributed by atoms with Crippen LogP contribution in [0.15, 0.2) is 36.7 Å². The third-order valence-corrected chi connectivity index (χ3v) is 3.19. The lowest BCUT2D eigenvalue weighted by molar-refractivity contribution is 0.0601. The number of rotatable bonds is 6. The van der Waals surface area contributed by atoms with Crippen molar-refractivity contribution in [3.63, 3.8) is 0 Å². The van der Waals surface area contributed by atoms with E-state index in [-0.39, 0.29) is 0 Å². The first-order valence-electron chi connectivity index (χ1n) is 6.66. The van der Waals surface area contributed by atoms with Crippen molar-refractivity contribution in [1.29, 1.82) is 0 Å². The van der Waals surface area contributed by atoms with Gasteiger partial charge in [0.15, 0.2) is 0 Å². The second-order valence-electron chi connectivity index (χ2n) is 4.44. The van der Waals surface area contributed by atoms with Crippen LogP contribution in [-0.2, 0) is 11.3 Å². The van der Waals surface area contributed by atoms with Crippen molar-refractivity contribution in [2.45, 2.75) is 6.54 Å². The first-order chi connectivity index (χ1) is 10.7. The van der Waals surface area contributed by atoms with E-state index >= 15 is 0 Å². The van der Waals surface area contributed by atoms with E-state index in [1.165, 1.54) is 13.3 Å². The van der Waals surface area contributed by atoms with E-state index in [1.807, 2.05) is 18.2 Å². The monoisotopic (exact) mass is 302 g/mol. The zero-order valence-electron chi connectivity index (χ0n) is 12.8. The van der Waals surface area contributed by atoms with Crippen LogP contribution in [0.1, 0.15) is 15.9 Å². The molecule has 0 radical (unpaired) electrons. The third kappa shape index (κ3) is 3.46. The highest BCUT2D eigenvalue weighted by Crippen LogP contribution is 2.26. The molecule has 0 amide bonds. The molecule has 2 rings (SSSR count). The van der Waals surface area contributed by atoms with Gasteiger partial charge in [-0.15, -0.1) is 0 Å². The number of aromatic nitrogens is 1. The van der Waals surface area contributed by atoms with Gasteiger partial charge in [0.25, 0.3) is 0 Å². The molecule has 0 fully saturated rings. The molecular weight excluding hydrogens is 284 g/mol. The fourth-order valence-electron chi connectivity index (χ4n) is 2.01. The van der Waals surface area contributed by atoms with Crippen LogP contribution in [0.25, 0.3) is 0 Å². The Morgan fingerprint density at radius 2 is 2.00 bits per heavy atom. The minimum Gasteiger partial charge on any atom is -0.497 e. The first-order valence-corrected chi connectivity index (χ1v) is 6.66. The van der Waals surface area contributed by atoms with Crippen molar-refractivity contribution < 1.29 is 19.0 Å². The maximum Gasteiger partial charge on any atom is 0.341 e. The maximum absolute atomic E-state index is 11.7. The van der Waals surface area contributed by atoms with Gasteiger partial charge in [-0.1, -0.05) is 0 Å². The van der Waals surface area contributed by atoms with Crippen molar-refractivity contribution in [2.75, 3.05) is 26.6 Å². The molecule has 0 aliphatic rings. The Labute approximate surface area is 129 Å². The topological polar surface area (TPSA) is 69.7 Å². The number of esters is 1. The molecule has 116 valence electrons. The lowest BCUT2D eigenvalue weighted by Gasteiger charge is -2.13. The van der Waals surface area contributed by atoms with E-state index in [1.54, 1.807) is 26.5 Å². The highest BCUT2D eigenvalue weighted by molar-refractivity contribution is 5.95. The quantitative estimate of drug-likeness (QED) is 0.827. The predicted octanol–water partition coefficient (Wildman–Crippen LogP) is 2.50. The van der Waals surface area contributed by atoms with Crippen LogP contribution in [-0.4, -0.2) is 32.3 Å². The van der Waals surface area contributed by atoms with Crippen LogP contribution >= 0.6 is 0 Å². The number of nitrogens with zero attached hydrogens (tertiary/aromatic N) is 1. The molecule has 0 atom stereocenters. The van der Waals surface area contributed by atoms with Crippen molar-refractivity contribution in [3.8, 4) is 11.5 Å². The minimum absolute atomic E-state index is 0.387. The normalized spacial score (nSPS) is 9.95. The summed E-state index contributed by atoms with van der Waals surface area (Å²) in [5.74, 6) is 0.998. The average Bonchev–Trinajstić information content (AvgIpc) is 2.59. The summed E-state index contributed by atoms with van der Waals surface area (Å²) in [7, 11) is 4.54. The van der Waals surface area contributed by atoms with E-state index in [9.17, 15) is 4.79 Å². The molecule has 1 aromatic heterocycles. The average molecular weight is 302 g/mol. The molecule has 0 saturated carbocycles. The van der Waals surface area contributed by atoms with Crippen LogP contribution in [0.5, 0.6) is 11.5 Å². The standard InChI is InChI=1S/C16H18N2O4/c1-20-12-5-4-11(15(8-12)21-2)9-18-14-6-7-17-10-13(14)16(19)22-3/h4-8,10H,9H2,1-3H3,(H,17,18). The Morgan fingerprint density at radius 3 is 2.68 bits per heavy atom. The zero-order valence-corrected chi connectivity index (χ0v) is 12.8. The van der Waals surface area contributed by atoms with Crippen LogP contribution in [0.3, 0.4) is 0 Å². The van der Waals surface area contributed by atoms with Gasteiger partial charge in [-0.3, -0.25) is 4.98 Å². The lowest BCUT2D eigenvalue weighted by atomic mass is 10.1. The highest BCUT2D eigenvalue weighted by Gasteiger charge is 2.12. The van der Waals surface area contributed by atoms with E-state index < -0.39 is 5.97 Å². The largest absolute Gasteiger partial charge is 0.497 e. The number of pyridine rings is 1. The Morgan fingerprint density at radius 1 is 1.18 bits per heavy atom. The number of hydrogen-bond acceptors (Lipinski definition) is 6. The van der Waals surface area contributed by atoms with Gasteiger partial charge in [-0.2, -0.15) is 0 Å². The van der Waals surface area contributed by atoms with Crippen molar-refractivity contribution in [2.24, 2.45) is 0 Å². The molecule has 0 unspecified atom stereocenters. The second kappa shape index (κ2) is 7.31. The molecule has 0 bridgehead atoms. The summed E-state index contributed by atoms with van der Waals surface area (Å²) in [6, 6.07) is 7.30. The van der Waals surface area contributed by atoms with Crippen LogP contribution in [0.2, 0.25) is 0 Å². The number of nitrogens with one attached hydrogen (secondary N) is 1. The Kier molecular flexibility index (Phi) is 5.19. The van der Waals surface area contributed by atoms with Crippen molar-refractivity contribution in [3.05, 3.63) is 47.8 Å². The Bertz CT molecular complexity index is 658. The predicted molar refractivity (Wildman–Crippen MR) is 82.4 cm³/mol. The molecule has 0 aliphatic carbocycles. The smallest absolute Gasteiger partial charge is 0.341 e. The molecular formula is C16H18N2O4. The number of anilines is 1. The van der Waals surface area contributed by atoms with Gasteiger partial charge in [-0.25, -0.2) is 4.79 Å². The van der Waals surface area contributed by atoms with E-state index in [0.29, 0.717) is 23.5 Å². The van der Waals surface area contributed by atoms with Gasteiger partial charge in [0.05, 0.1) is 27.0 Å². The van der Waals surface area contributed by atoms with Gasteiger partial charge in [0.2, 0.25) is 0 Å². The minimum atomic E-state index is -0.433. The molecule has 1 heterocycles. The SMILES string of the molecule is COC(=O)c1cnccc1NCc1ccc(OC)cc1OC. The van der Waals surface area contributed by atoms with Crippen LogP contribution in [0, 0.1) is 0 Å². The van der Waals surface area contributed by atoms with Gasteiger partial charge >= 0.3 is 5.97 Å². The molecule has 0 spiro atoms. The van der Waals surface area contributed by atoms with Gasteiger partial charge < -0.3 is 19.5 Å². The number of carbonyl (C=O) groups excluding carboxylic acids is 1. The number of carbonyl (C=O) groups is 1. The summed E-state index contributed by atoms with van der Waals surface area (Å²) in [4.78, 5) is 15.7. The second-order valence-corrected chi connectivity index (χ2v) is 4.44. The van der Waals surface area contributed by atoms with Gasteiger partial charge in [-0.05, 0) is 18.2 Å². The summed E-state index contributed by atoms with van der Waals surface area (Å²) in [6.07, 6.45) is 3.08. The Hall–Kier alpha value is -2.76. The number of benzene rings is 1. The summed E-state index contributed by atoms with van der Waals surface area (Å²) in [6.45, 7) is 0.487. The molecule has 6 heteroatoms. The summed E-state index contributed by atoms with van der Waals surface area (Å²) >= 11 is 0.